The molecule has 1 saturated heterocycles. The number of hydrogen-bond acceptors (Lipinski definition) is 3. The number of hydrogen-bond donors (Lipinski definition) is 2. The molecule has 1 aromatic rings. The van der Waals surface area contributed by atoms with Crippen LogP contribution in [-0.4, -0.2) is 30.9 Å². The van der Waals surface area contributed by atoms with E-state index in [1.165, 1.54) is 6.42 Å². The van der Waals surface area contributed by atoms with Crippen molar-refractivity contribution in [1.82, 2.24) is 5.32 Å². The van der Waals surface area contributed by atoms with Gasteiger partial charge < -0.3 is 15.5 Å². The molecule has 2 rings (SSSR count). The highest BCUT2D eigenvalue weighted by Crippen LogP contribution is 2.27. The number of nitrogens with zero attached hydrogens (tertiary/aromatic N) is 1. The number of piperidine rings is 1. The molecule has 0 spiro atoms. The summed E-state index contributed by atoms with van der Waals surface area (Å²) in [6.07, 6.45) is 4.43. The first kappa shape index (κ1) is 19.3. The Morgan fingerprint density at radius 1 is 1.12 bits per heavy atom. The maximum Gasteiger partial charge on any atom is 0.253 e. The molecule has 1 aliphatic rings. The van der Waals surface area contributed by atoms with Gasteiger partial charge in [-0.15, -0.1) is 0 Å². The Labute approximate surface area is 151 Å². The van der Waals surface area contributed by atoms with Gasteiger partial charge >= 0.3 is 0 Å². The monoisotopic (exact) mass is 345 g/mol. The standard InChI is InChI=1S/C20H31N3O2/c1-5-15(4)21-20(25)17-13-16(22-19(24)14(2)3)9-10-18(17)23-11-7-6-8-12-23/h9-10,13-15H,5-8,11-12H2,1-4H3,(H,21,25)(H,22,24). The Morgan fingerprint density at radius 2 is 1.80 bits per heavy atom. The molecule has 2 amide bonds. The molecule has 25 heavy (non-hydrogen) atoms. The summed E-state index contributed by atoms with van der Waals surface area (Å²) in [6, 6.07) is 5.79. The molecule has 1 atom stereocenters. The third-order valence-electron chi connectivity index (χ3n) is 4.72. The SMILES string of the molecule is CCC(C)NC(=O)c1cc(NC(=O)C(C)C)ccc1N1CCCCC1. The van der Waals surface area contributed by atoms with Crippen molar-refractivity contribution in [2.24, 2.45) is 5.92 Å². The smallest absolute Gasteiger partial charge is 0.253 e. The Balaban J connectivity index is 2.30. The maximum absolute atomic E-state index is 12.8. The summed E-state index contributed by atoms with van der Waals surface area (Å²) < 4.78 is 0. The lowest BCUT2D eigenvalue weighted by atomic mass is 10.0. The molecule has 1 heterocycles. The van der Waals surface area contributed by atoms with Crippen molar-refractivity contribution in [1.29, 1.82) is 0 Å². The summed E-state index contributed by atoms with van der Waals surface area (Å²) in [5, 5.41) is 5.95. The van der Waals surface area contributed by atoms with Gasteiger partial charge in [0.25, 0.3) is 5.91 Å². The predicted molar refractivity (Wildman–Crippen MR) is 103 cm³/mol. The van der Waals surface area contributed by atoms with Crippen molar-refractivity contribution in [2.45, 2.75) is 59.4 Å². The van der Waals surface area contributed by atoms with Crippen molar-refractivity contribution in [3.05, 3.63) is 23.8 Å². The van der Waals surface area contributed by atoms with Crippen LogP contribution in [0.15, 0.2) is 18.2 Å². The molecular formula is C20H31N3O2. The van der Waals surface area contributed by atoms with Gasteiger partial charge in [-0.05, 0) is 50.8 Å². The quantitative estimate of drug-likeness (QED) is 0.824. The van der Waals surface area contributed by atoms with Crippen LogP contribution in [0.1, 0.15) is 63.7 Å². The van der Waals surface area contributed by atoms with E-state index in [1.807, 2.05) is 39.0 Å². The van der Waals surface area contributed by atoms with Crippen molar-refractivity contribution >= 4 is 23.2 Å². The summed E-state index contributed by atoms with van der Waals surface area (Å²) in [6.45, 7) is 9.71. The second kappa shape index (κ2) is 8.88. The van der Waals surface area contributed by atoms with Crippen molar-refractivity contribution < 1.29 is 9.59 Å². The maximum atomic E-state index is 12.8. The van der Waals surface area contributed by atoms with Gasteiger partial charge in [0.1, 0.15) is 0 Å². The fourth-order valence-corrected chi connectivity index (χ4v) is 2.90. The Kier molecular flexibility index (Phi) is 6.85. The number of rotatable bonds is 6. The van der Waals surface area contributed by atoms with E-state index in [-0.39, 0.29) is 23.8 Å². The third kappa shape index (κ3) is 5.21. The number of carbonyl (C=O) groups excluding carboxylic acids is 2. The van der Waals surface area contributed by atoms with Gasteiger partial charge in [-0.2, -0.15) is 0 Å². The molecule has 0 saturated carbocycles. The first-order valence-electron chi connectivity index (χ1n) is 9.43. The first-order chi connectivity index (χ1) is 11.9. The molecule has 1 fully saturated rings. The molecule has 1 aromatic carbocycles. The van der Waals surface area contributed by atoms with E-state index >= 15 is 0 Å². The van der Waals surface area contributed by atoms with Gasteiger partial charge in [-0.25, -0.2) is 0 Å². The van der Waals surface area contributed by atoms with Crippen LogP contribution in [0.5, 0.6) is 0 Å². The van der Waals surface area contributed by atoms with Crippen molar-refractivity contribution in [3.8, 4) is 0 Å². The van der Waals surface area contributed by atoms with Gasteiger partial charge in [0.15, 0.2) is 0 Å². The van der Waals surface area contributed by atoms with Crippen LogP contribution >= 0.6 is 0 Å². The lowest BCUT2D eigenvalue weighted by Gasteiger charge is -2.31. The fourth-order valence-electron chi connectivity index (χ4n) is 2.90. The van der Waals surface area contributed by atoms with Crippen LogP contribution in [0.25, 0.3) is 0 Å². The van der Waals surface area contributed by atoms with Crippen LogP contribution in [0.4, 0.5) is 11.4 Å². The summed E-state index contributed by atoms with van der Waals surface area (Å²) in [5.41, 5.74) is 2.28. The van der Waals surface area contributed by atoms with Crippen molar-refractivity contribution in [2.75, 3.05) is 23.3 Å². The highest BCUT2D eigenvalue weighted by molar-refractivity contribution is 6.02. The minimum Gasteiger partial charge on any atom is -0.371 e. The third-order valence-corrected chi connectivity index (χ3v) is 4.72. The molecule has 5 heteroatoms. The lowest BCUT2D eigenvalue weighted by molar-refractivity contribution is -0.118. The molecule has 1 unspecified atom stereocenters. The molecule has 0 radical (unpaired) electrons. The average molecular weight is 345 g/mol. The topological polar surface area (TPSA) is 61.4 Å². The molecule has 5 nitrogen and oxygen atoms in total. The van der Waals surface area contributed by atoms with Crippen LogP contribution in [0, 0.1) is 5.92 Å². The molecule has 2 N–H and O–H groups in total. The number of anilines is 2. The summed E-state index contributed by atoms with van der Waals surface area (Å²) in [4.78, 5) is 27.1. The molecule has 0 aliphatic carbocycles. The van der Waals surface area contributed by atoms with Gasteiger partial charge in [0.2, 0.25) is 5.91 Å². The van der Waals surface area contributed by atoms with E-state index in [1.54, 1.807) is 0 Å². The Morgan fingerprint density at radius 3 is 2.40 bits per heavy atom. The molecule has 0 aromatic heterocycles. The molecule has 0 bridgehead atoms. The Hall–Kier alpha value is -2.04. The zero-order valence-corrected chi connectivity index (χ0v) is 15.9. The highest BCUT2D eigenvalue weighted by Gasteiger charge is 2.20. The van der Waals surface area contributed by atoms with Crippen LogP contribution in [0.3, 0.4) is 0 Å². The van der Waals surface area contributed by atoms with E-state index in [4.69, 9.17) is 0 Å². The number of amides is 2. The molecule has 1 aliphatic heterocycles. The minimum atomic E-state index is -0.0980. The van der Waals surface area contributed by atoms with E-state index in [0.29, 0.717) is 11.3 Å². The van der Waals surface area contributed by atoms with Crippen LogP contribution < -0.4 is 15.5 Å². The van der Waals surface area contributed by atoms with E-state index in [0.717, 1.165) is 38.0 Å². The van der Waals surface area contributed by atoms with Gasteiger partial charge in [0, 0.05) is 36.4 Å². The summed E-state index contributed by atoms with van der Waals surface area (Å²) in [7, 11) is 0. The van der Waals surface area contributed by atoms with Crippen molar-refractivity contribution in [3.63, 3.8) is 0 Å². The summed E-state index contributed by atoms with van der Waals surface area (Å²) >= 11 is 0. The average Bonchev–Trinajstić information content (AvgIpc) is 2.62. The summed E-state index contributed by atoms with van der Waals surface area (Å²) in [5.74, 6) is -0.214. The number of benzene rings is 1. The highest BCUT2D eigenvalue weighted by atomic mass is 16.2. The van der Waals surface area contributed by atoms with E-state index < -0.39 is 0 Å². The minimum absolute atomic E-state index is 0.0426. The largest absolute Gasteiger partial charge is 0.371 e. The number of carbonyl (C=O) groups is 2. The van der Waals surface area contributed by atoms with E-state index in [9.17, 15) is 9.59 Å². The van der Waals surface area contributed by atoms with Gasteiger partial charge in [-0.3, -0.25) is 9.59 Å². The Bertz CT molecular complexity index is 607. The molecule has 138 valence electrons. The fraction of sp³-hybridized carbons (Fsp3) is 0.600. The zero-order valence-electron chi connectivity index (χ0n) is 15.9. The van der Waals surface area contributed by atoms with Crippen LogP contribution in [0.2, 0.25) is 0 Å². The zero-order chi connectivity index (χ0) is 18.4. The van der Waals surface area contributed by atoms with E-state index in [2.05, 4.69) is 22.5 Å². The molecular weight excluding hydrogens is 314 g/mol. The first-order valence-corrected chi connectivity index (χ1v) is 9.43. The second-order valence-corrected chi connectivity index (χ2v) is 7.21. The van der Waals surface area contributed by atoms with Gasteiger partial charge in [-0.1, -0.05) is 20.8 Å². The lowest BCUT2D eigenvalue weighted by Crippen LogP contribution is -2.35. The second-order valence-electron chi connectivity index (χ2n) is 7.21. The normalized spacial score (nSPS) is 15.8. The number of nitrogens with one attached hydrogen (secondary N) is 2. The van der Waals surface area contributed by atoms with Crippen LogP contribution in [-0.2, 0) is 4.79 Å². The van der Waals surface area contributed by atoms with Gasteiger partial charge in [0.05, 0.1) is 5.56 Å². The predicted octanol–water partition coefficient (Wildman–Crippen LogP) is 3.80.